The predicted octanol–water partition coefficient (Wildman–Crippen LogP) is 6.19. The molecule has 0 saturated carbocycles. The molecule has 0 aliphatic heterocycles. The van der Waals surface area contributed by atoms with Gasteiger partial charge < -0.3 is 9.30 Å². The van der Waals surface area contributed by atoms with E-state index < -0.39 is 11.5 Å². The van der Waals surface area contributed by atoms with Crippen LogP contribution in [0.15, 0.2) is 52.9 Å². The van der Waals surface area contributed by atoms with Gasteiger partial charge in [-0.3, -0.25) is 14.9 Å². The molecule has 33 heavy (non-hydrogen) atoms. The van der Waals surface area contributed by atoms with Crippen molar-refractivity contribution in [1.82, 2.24) is 9.55 Å². The second kappa shape index (κ2) is 9.28. The van der Waals surface area contributed by atoms with Crippen molar-refractivity contribution in [3.8, 4) is 11.4 Å². The molecule has 0 radical (unpaired) electrons. The van der Waals surface area contributed by atoms with Crippen molar-refractivity contribution in [2.75, 3.05) is 5.75 Å². The van der Waals surface area contributed by atoms with Crippen LogP contribution in [-0.4, -0.2) is 32.6 Å². The van der Waals surface area contributed by atoms with E-state index in [9.17, 15) is 23.7 Å². The maximum atomic E-state index is 12.9. The first-order valence-corrected chi connectivity index (χ1v) is 11.5. The zero-order valence-electron chi connectivity index (χ0n) is 17.5. The molecule has 4 aromatic rings. The van der Waals surface area contributed by atoms with Gasteiger partial charge in [0.2, 0.25) is 0 Å². The summed E-state index contributed by atoms with van der Waals surface area (Å²) in [6.07, 6.45) is 0. The number of rotatable bonds is 8. The molecule has 0 aliphatic rings. The third-order valence-electron chi connectivity index (χ3n) is 4.94. The largest absolute Gasteiger partial charge is 0.435 e. The van der Waals surface area contributed by atoms with E-state index in [0.29, 0.717) is 20.1 Å². The summed E-state index contributed by atoms with van der Waals surface area (Å²) in [5, 5.41) is 10.9. The Balaban J connectivity index is 1.50. The molecule has 2 aromatic heterocycles. The lowest BCUT2D eigenvalue weighted by Crippen LogP contribution is -2.06. The number of hydrogen-bond acceptors (Lipinski definition) is 7. The Labute approximate surface area is 195 Å². The van der Waals surface area contributed by atoms with Gasteiger partial charge in [-0.15, -0.1) is 11.3 Å². The molecule has 2 heterocycles. The van der Waals surface area contributed by atoms with Crippen LogP contribution in [0.1, 0.15) is 21.7 Å². The number of nitro benzene ring substituents is 1. The standard InChI is InChI=1S/C22H17F2N3O4S2/c1-12-9-17(13(2)26(12)14-3-6-16(7-4-14)31-21(23)24)19(28)11-32-22-25-18-8-5-15(27(29)30)10-20(18)33-22/h3-10,21H,11H2,1-2H3. The van der Waals surface area contributed by atoms with Crippen molar-refractivity contribution in [1.29, 1.82) is 0 Å². The second-order valence-corrected chi connectivity index (χ2v) is 9.35. The molecule has 0 atom stereocenters. The number of ether oxygens (including phenoxy) is 1. The van der Waals surface area contributed by atoms with Gasteiger partial charge in [-0.25, -0.2) is 4.98 Å². The number of alkyl halides is 2. The van der Waals surface area contributed by atoms with Crippen molar-refractivity contribution in [2.24, 2.45) is 0 Å². The molecular formula is C22H17F2N3O4S2. The second-order valence-electron chi connectivity index (χ2n) is 7.09. The van der Waals surface area contributed by atoms with E-state index in [0.717, 1.165) is 17.1 Å². The zero-order chi connectivity index (χ0) is 23.7. The first-order valence-electron chi connectivity index (χ1n) is 9.68. The van der Waals surface area contributed by atoms with E-state index in [1.54, 1.807) is 24.3 Å². The minimum Gasteiger partial charge on any atom is -0.435 e. The molecule has 0 aliphatic carbocycles. The lowest BCUT2D eigenvalue weighted by molar-refractivity contribution is -0.384. The molecule has 170 valence electrons. The molecule has 2 aromatic carbocycles. The third kappa shape index (κ3) is 4.88. The molecule has 7 nitrogen and oxygen atoms in total. The number of benzene rings is 2. The Bertz CT molecular complexity index is 1350. The average Bonchev–Trinajstić information content (AvgIpc) is 3.31. The monoisotopic (exact) mass is 489 g/mol. The fourth-order valence-electron chi connectivity index (χ4n) is 3.49. The Morgan fingerprint density at radius 2 is 1.94 bits per heavy atom. The molecule has 0 amide bonds. The molecule has 0 spiro atoms. The molecular weight excluding hydrogens is 472 g/mol. The molecule has 0 bridgehead atoms. The molecule has 0 unspecified atom stereocenters. The summed E-state index contributed by atoms with van der Waals surface area (Å²) in [5.74, 6) is 0.139. The minimum atomic E-state index is -2.89. The Morgan fingerprint density at radius 1 is 1.21 bits per heavy atom. The fourth-order valence-corrected chi connectivity index (χ4v) is 5.48. The number of carbonyl (C=O) groups is 1. The smallest absolute Gasteiger partial charge is 0.387 e. The first-order chi connectivity index (χ1) is 15.7. The molecule has 0 saturated heterocycles. The van der Waals surface area contributed by atoms with Crippen molar-refractivity contribution < 1.29 is 23.2 Å². The Hall–Kier alpha value is -3.31. The number of non-ortho nitro benzene ring substituents is 1. The summed E-state index contributed by atoms with van der Waals surface area (Å²) in [6.45, 7) is 0.796. The summed E-state index contributed by atoms with van der Waals surface area (Å²) in [7, 11) is 0. The van der Waals surface area contributed by atoms with Gasteiger partial charge in [-0.2, -0.15) is 8.78 Å². The maximum absolute atomic E-state index is 12.9. The van der Waals surface area contributed by atoms with Gasteiger partial charge in [0.05, 0.1) is 20.9 Å². The van der Waals surface area contributed by atoms with Crippen LogP contribution in [0.25, 0.3) is 15.9 Å². The number of Topliss-reactive ketones (excluding diaryl/α,β-unsaturated/α-hetero) is 1. The number of thioether (sulfide) groups is 1. The van der Waals surface area contributed by atoms with Gasteiger partial charge in [-0.1, -0.05) is 11.8 Å². The predicted molar refractivity (Wildman–Crippen MR) is 123 cm³/mol. The number of halogens is 2. The summed E-state index contributed by atoms with van der Waals surface area (Å²) in [5.41, 5.74) is 3.50. The van der Waals surface area contributed by atoms with Crippen molar-refractivity contribution >= 4 is 44.8 Å². The van der Waals surface area contributed by atoms with E-state index in [1.807, 2.05) is 18.4 Å². The van der Waals surface area contributed by atoms with Gasteiger partial charge >= 0.3 is 6.61 Å². The van der Waals surface area contributed by atoms with E-state index >= 15 is 0 Å². The Kier molecular flexibility index (Phi) is 6.43. The third-order valence-corrected chi connectivity index (χ3v) is 7.10. The average molecular weight is 490 g/mol. The van der Waals surface area contributed by atoms with E-state index in [1.165, 1.54) is 47.4 Å². The molecule has 11 heteroatoms. The van der Waals surface area contributed by atoms with E-state index in [2.05, 4.69) is 9.72 Å². The normalized spacial score (nSPS) is 11.3. The van der Waals surface area contributed by atoms with Crippen molar-refractivity contribution in [3.05, 3.63) is 75.6 Å². The summed E-state index contributed by atoms with van der Waals surface area (Å²) in [4.78, 5) is 27.9. The summed E-state index contributed by atoms with van der Waals surface area (Å²) < 4.78 is 32.4. The van der Waals surface area contributed by atoms with Gasteiger partial charge in [-0.05, 0) is 50.2 Å². The van der Waals surface area contributed by atoms with Crippen LogP contribution in [0.5, 0.6) is 5.75 Å². The lowest BCUT2D eigenvalue weighted by Gasteiger charge is -2.11. The highest BCUT2D eigenvalue weighted by Gasteiger charge is 2.18. The maximum Gasteiger partial charge on any atom is 0.387 e. The number of thiazole rings is 1. The van der Waals surface area contributed by atoms with Crippen LogP contribution in [-0.2, 0) is 0 Å². The van der Waals surface area contributed by atoms with Crippen LogP contribution in [0.3, 0.4) is 0 Å². The number of fused-ring (bicyclic) bond motifs is 1. The highest BCUT2D eigenvalue weighted by molar-refractivity contribution is 8.01. The molecule has 0 N–H and O–H groups in total. The zero-order valence-corrected chi connectivity index (χ0v) is 19.1. The Morgan fingerprint density at radius 3 is 2.61 bits per heavy atom. The lowest BCUT2D eigenvalue weighted by atomic mass is 10.2. The summed E-state index contributed by atoms with van der Waals surface area (Å²) in [6, 6.07) is 12.5. The van der Waals surface area contributed by atoms with Crippen molar-refractivity contribution in [3.63, 3.8) is 0 Å². The molecule has 0 fully saturated rings. The van der Waals surface area contributed by atoms with Gasteiger partial charge in [0, 0.05) is 34.8 Å². The van der Waals surface area contributed by atoms with Gasteiger partial charge in [0.25, 0.3) is 5.69 Å². The number of carbonyl (C=O) groups excluding carboxylic acids is 1. The number of hydrogen-bond donors (Lipinski definition) is 0. The SMILES string of the molecule is Cc1cc(C(=O)CSc2nc3ccc([N+](=O)[O-])cc3s2)c(C)n1-c1ccc(OC(F)F)cc1. The number of aryl methyl sites for hydroxylation is 1. The van der Waals surface area contributed by atoms with Gasteiger partial charge in [0.15, 0.2) is 10.1 Å². The van der Waals surface area contributed by atoms with E-state index in [4.69, 9.17) is 0 Å². The number of nitrogens with zero attached hydrogens (tertiary/aromatic N) is 3. The van der Waals surface area contributed by atoms with Crippen LogP contribution in [0.2, 0.25) is 0 Å². The first kappa shape index (κ1) is 22.9. The summed E-state index contributed by atoms with van der Waals surface area (Å²) >= 11 is 2.59. The highest BCUT2D eigenvalue weighted by Crippen LogP contribution is 2.32. The fraction of sp³-hybridized carbons (Fsp3) is 0.182. The van der Waals surface area contributed by atoms with Crippen LogP contribution in [0, 0.1) is 24.0 Å². The highest BCUT2D eigenvalue weighted by atomic mass is 32.2. The number of nitro groups is 1. The van der Waals surface area contributed by atoms with Crippen LogP contribution < -0.4 is 4.74 Å². The van der Waals surface area contributed by atoms with Crippen LogP contribution >= 0.6 is 23.1 Å². The number of aromatic nitrogens is 2. The number of ketones is 1. The van der Waals surface area contributed by atoms with Crippen molar-refractivity contribution in [2.45, 2.75) is 24.8 Å². The van der Waals surface area contributed by atoms with Crippen LogP contribution in [0.4, 0.5) is 14.5 Å². The quantitative estimate of drug-likeness (QED) is 0.127. The molecule has 4 rings (SSSR count). The van der Waals surface area contributed by atoms with Gasteiger partial charge in [0.1, 0.15) is 5.75 Å². The minimum absolute atomic E-state index is 0.0000159. The van der Waals surface area contributed by atoms with E-state index in [-0.39, 0.29) is 23.0 Å². The topological polar surface area (TPSA) is 87.3 Å².